The monoisotopic (exact) mass is 300 g/mol. The van der Waals surface area contributed by atoms with Gasteiger partial charge in [0.05, 0.1) is 0 Å². The predicted molar refractivity (Wildman–Crippen MR) is 75.3 cm³/mol. The topological polar surface area (TPSA) is 80.7 Å². The molecule has 20 heavy (non-hydrogen) atoms. The number of hydrogen-bond donors (Lipinski definition) is 1. The molecule has 6 heteroatoms. The van der Waals surface area contributed by atoms with Crippen molar-refractivity contribution in [3.05, 3.63) is 24.3 Å². The van der Waals surface area contributed by atoms with Crippen molar-refractivity contribution >= 4 is 16.1 Å². The molecule has 0 spiro atoms. The van der Waals surface area contributed by atoms with Gasteiger partial charge in [0, 0.05) is 6.42 Å². The van der Waals surface area contributed by atoms with Crippen molar-refractivity contribution in [2.45, 2.75) is 50.3 Å². The third-order valence-electron chi connectivity index (χ3n) is 2.84. The van der Waals surface area contributed by atoms with Gasteiger partial charge in [-0.3, -0.25) is 9.35 Å². The van der Waals surface area contributed by atoms with E-state index >= 15 is 0 Å². The van der Waals surface area contributed by atoms with Gasteiger partial charge in [0.15, 0.2) is 5.75 Å². The SMILES string of the molecule is CCCCCCCC(=O)Oc1ccccc1S(=O)(=O)O. The van der Waals surface area contributed by atoms with Crippen LogP contribution >= 0.6 is 0 Å². The summed E-state index contributed by atoms with van der Waals surface area (Å²) >= 11 is 0. The zero-order chi connectivity index (χ0) is 15.0. The molecule has 0 saturated heterocycles. The molecule has 0 fully saturated rings. The lowest BCUT2D eigenvalue weighted by Crippen LogP contribution is -2.10. The number of rotatable bonds is 8. The number of benzene rings is 1. The number of para-hydroxylation sites is 1. The van der Waals surface area contributed by atoms with Gasteiger partial charge >= 0.3 is 5.97 Å². The molecule has 0 aromatic heterocycles. The average Bonchev–Trinajstić information content (AvgIpc) is 2.38. The van der Waals surface area contributed by atoms with Crippen molar-refractivity contribution in [1.82, 2.24) is 0 Å². The molecule has 0 radical (unpaired) electrons. The molecule has 0 saturated carbocycles. The van der Waals surface area contributed by atoms with E-state index in [0.717, 1.165) is 25.7 Å². The maximum absolute atomic E-state index is 11.6. The fraction of sp³-hybridized carbons (Fsp3) is 0.500. The summed E-state index contributed by atoms with van der Waals surface area (Å²) in [5.41, 5.74) is 0. The predicted octanol–water partition coefficient (Wildman–Crippen LogP) is 3.20. The summed E-state index contributed by atoms with van der Waals surface area (Å²) in [5, 5.41) is 0. The molecule has 0 heterocycles. The standard InChI is InChI=1S/C14H20O5S/c1-2-3-4-5-6-11-14(15)19-12-9-7-8-10-13(12)20(16,17)18/h7-10H,2-6,11H2,1H3,(H,16,17,18). The van der Waals surface area contributed by atoms with Gasteiger partial charge in [-0.1, -0.05) is 44.7 Å². The Hall–Kier alpha value is -1.40. The first kappa shape index (κ1) is 16.7. The van der Waals surface area contributed by atoms with Gasteiger partial charge in [0.2, 0.25) is 0 Å². The van der Waals surface area contributed by atoms with Gasteiger partial charge < -0.3 is 4.74 Å². The van der Waals surface area contributed by atoms with Crippen molar-refractivity contribution in [3.8, 4) is 5.75 Å². The van der Waals surface area contributed by atoms with Crippen LogP contribution in [0.1, 0.15) is 45.4 Å². The second kappa shape index (κ2) is 8.01. The Morgan fingerprint density at radius 1 is 1.15 bits per heavy atom. The normalized spacial score (nSPS) is 11.3. The van der Waals surface area contributed by atoms with Crippen LogP contribution in [0.15, 0.2) is 29.2 Å². The number of hydrogen-bond acceptors (Lipinski definition) is 4. The first-order chi connectivity index (χ1) is 9.45. The molecular formula is C14H20O5S. The fourth-order valence-electron chi connectivity index (χ4n) is 1.79. The Labute approximate surface area is 119 Å². The van der Waals surface area contributed by atoms with E-state index in [-0.39, 0.29) is 17.1 Å². The van der Waals surface area contributed by atoms with Crippen LogP contribution in [0.3, 0.4) is 0 Å². The van der Waals surface area contributed by atoms with Crippen LogP contribution in [0.5, 0.6) is 5.75 Å². The molecule has 0 aliphatic rings. The highest BCUT2D eigenvalue weighted by molar-refractivity contribution is 7.86. The van der Waals surface area contributed by atoms with Crippen LogP contribution in [0.25, 0.3) is 0 Å². The van der Waals surface area contributed by atoms with Crippen LogP contribution in [-0.2, 0) is 14.9 Å². The number of esters is 1. The molecule has 5 nitrogen and oxygen atoms in total. The molecule has 1 aromatic carbocycles. The van der Waals surface area contributed by atoms with E-state index in [9.17, 15) is 13.2 Å². The second-order valence-corrected chi connectivity index (χ2v) is 5.95. The molecule has 1 aromatic rings. The molecule has 0 amide bonds. The van der Waals surface area contributed by atoms with Crippen molar-refractivity contribution in [2.75, 3.05) is 0 Å². The highest BCUT2D eigenvalue weighted by Gasteiger charge is 2.17. The summed E-state index contributed by atoms with van der Waals surface area (Å²) in [6.45, 7) is 2.11. The molecular weight excluding hydrogens is 280 g/mol. The Balaban J connectivity index is 2.54. The third-order valence-corrected chi connectivity index (χ3v) is 3.73. The summed E-state index contributed by atoms with van der Waals surface area (Å²) in [5.74, 6) is -0.619. The highest BCUT2D eigenvalue weighted by atomic mass is 32.2. The Kier molecular flexibility index (Phi) is 6.67. The summed E-state index contributed by atoms with van der Waals surface area (Å²) in [4.78, 5) is 11.2. The Morgan fingerprint density at radius 2 is 1.80 bits per heavy atom. The Bertz CT molecular complexity index is 536. The fourth-order valence-corrected chi connectivity index (χ4v) is 2.41. The highest BCUT2D eigenvalue weighted by Crippen LogP contribution is 2.23. The van der Waals surface area contributed by atoms with E-state index in [1.54, 1.807) is 6.07 Å². The smallest absolute Gasteiger partial charge is 0.311 e. The molecule has 0 bridgehead atoms. The van der Waals surface area contributed by atoms with Crippen LogP contribution in [0, 0.1) is 0 Å². The summed E-state index contributed by atoms with van der Waals surface area (Å²) in [6, 6.07) is 5.53. The van der Waals surface area contributed by atoms with E-state index < -0.39 is 16.1 Å². The van der Waals surface area contributed by atoms with E-state index in [4.69, 9.17) is 9.29 Å². The van der Waals surface area contributed by atoms with Crippen molar-refractivity contribution in [3.63, 3.8) is 0 Å². The summed E-state index contributed by atoms with van der Waals surface area (Å²) in [7, 11) is -4.39. The molecule has 112 valence electrons. The minimum atomic E-state index is -4.39. The van der Waals surface area contributed by atoms with Gasteiger partial charge in [0.1, 0.15) is 4.90 Å². The zero-order valence-corrected chi connectivity index (χ0v) is 12.4. The van der Waals surface area contributed by atoms with Crippen molar-refractivity contribution in [2.24, 2.45) is 0 Å². The van der Waals surface area contributed by atoms with Crippen LogP contribution in [0.4, 0.5) is 0 Å². The maximum atomic E-state index is 11.6. The summed E-state index contributed by atoms with van der Waals surface area (Å²) < 4.78 is 36.3. The largest absolute Gasteiger partial charge is 0.425 e. The number of carbonyl (C=O) groups excluding carboxylic acids is 1. The van der Waals surface area contributed by atoms with Crippen LogP contribution in [-0.4, -0.2) is 18.9 Å². The third kappa shape index (κ3) is 5.71. The van der Waals surface area contributed by atoms with E-state index in [0.29, 0.717) is 6.42 Å². The molecule has 0 aliphatic heterocycles. The first-order valence-corrected chi connectivity index (χ1v) is 8.16. The lowest BCUT2D eigenvalue weighted by molar-refractivity contribution is -0.134. The van der Waals surface area contributed by atoms with Gasteiger partial charge in [-0.15, -0.1) is 0 Å². The first-order valence-electron chi connectivity index (χ1n) is 6.72. The minimum absolute atomic E-state index is 0.131. The summed E-state index contributed by atoms with van der Waals surface area (Å²) in [6.07, 6.45) is 5.25. The van der Waals surface area contributed by atoms with Crippen molar-refractivity contribution < 1.29 is 22.5 Å². The molecule has 1 N–H and O–H groups in total. The quantitative estimate of drug-likeness (QED) is 0.345. The molecule has 0 atom stereocenters. The van der Waals surface area contributed by atoms with Gasteiger partial charge in [-0.2, -0.15) is 8.42 Å². The van der Waals surface area contributed by atoms with E-state index in [2.05, 4.69) is 6.92 Å². The van der Waals surface area contributed by atoms with Gasteiger partial charge in [-0.05, 0) is 18.6 Å². The maximum Gasteiger partial charge on any atom is 0.311 e. The number of ether oxygens (including phenoxy) is 1. The van der Waals surface area contributed by atoms with Gasteiger partial charge in [-0.25, -0.2) is 0 Å². The van der Waals surface area contributed by atoms with Crippen molar-refractivity contribution in [1.29, 1.82) is 0 Å². The Morgan fingerprint density at radius 3 is 2.45 bits per heavy atom. The molecule has 0 aliphatic carbocycles. The average molecular weight is 300 g/mol. The zero-order valence-electron chi connectivity index (χ0n) is 11.5. The number of carbonyl (C=O) groups is 1. The van der Waals surface area contributed by atoms with Crippen LogP contribution in [0.2, 0.25) is 0 Å². The van der Waals surface area contributed by atoms with Gasteiger partial charge in [0.25, 0.3) is 10.1 Å². The van der Waals surface area contributed by atoms with E-state index in [1.165, 1.54) is 18.2 Å². The van der Waals surface area contributed by atoms with E-state index in [1.807, 2.05) is 0 Å². The lowest BCUT2D eigenvalue weighted by atomic mass is 10.1. The lowest BCUT2D eigenvalue weighted by Gasteiger charge is -2.07. The van der Waals surface area contributed by atoms with Crippen LogP contribution < -0.4 is 4.74 Å². The molecule has 1 rings (SSSR count). The number of unbranched alkanes of at least 4 members (excludes halogenated alkanes) is 4. The molecule has 0 unspecified atom stereocenters. The second-order valence-electron chi connectivity index (χ2n) is 4.56. The minimum Gasteiger partial charge on any atom is -0.425 e.